The number of carbonyl (C=O) groups excluding carboxylic acids is 1. The lowest BCUT2D eigenvalue weighted by Gasteiger charge is -2.22. The van der Waals surface area contributed by atoms with E-state index in [2.05, 4.69) is 9.27 Å². The molecule has 0 aliphatic carbocycles. The summed E-state index contributed by atoms with van der Waals surface area (Å²) in [5, 5.41) is 0.977. The van der Waals surface area contributed by atoms with E-state index < -0.39 is 0 Å². The normalized spacial score (nSPS) is 16.3. The van der Waals surface area contributed by atoms with E-state index in [1.54, 1.807) is 6.92 Å². The van der Waals surface area contributed by atoms with Crippen LogP contribution in [-0.2, 0) is 4.79 Å². The maximum absolute atomic E-state index is 11.4. The summed E-state index contributed by atoms with van der Waals surface area (Å²) in [6.07, 6.45) is 0.947. The number of hydrogen-bond acceptors (Lipinski definition) is 6. The molecule has 1 fully saturated rings. The molecule has 0 radical (unpaired) electrons. The van der Waals surface area contributed by atoms with Crippen molar-refractivity contribution in [2.45, 2.75) is 20.3 Å². The number of rotatable bonds is 3. The standard InChI is InChI=1S/C12H20N4O2S/c1-3-18-10-11(13)14-19-12(10)16-6-4-5-15(7-8-16)9(2)17/h3-8H2,1-2H3,(H2,13,14). The number of nitrogen functional groups attached to an aromatic ring is 1. The van der Waals surface area contributed by atoms with Gasteiger partial charge in [-0.2, -0.15) is 4.37 Å². The van der Waals surface area contributed by atoms with Crippen molar-refractivity contribution in [3.63, 3.8) is 0 Å². The van der Waals surface area contributed by atoms with Crippen molar-refractivity contribution in [3.05, 3.63) is 0 Å². The second-order valence-corrected chi connectivity index (χ2v) is 5.23. The van der Waals surface area contributed by atoms with Crippen LogP contribution < -0.4 is 15.4 Å². The Kier molecular flexibility index (Phi) is 4.47. The zero-order valence-corrected chi connectivity index (χ0v) is 12.2. The maximum atomic E-state index is 11.4. The highest BCUT2D eigenvalue weighted by atomic mass is 32.1. The van der Waals surface area contributed by atoms with Gasteiger partial charge in [0.25, 0.3) is 0 Å². The molecule has 2 rings (SSSR count). The first-order valence-electron chi connectivity index (χ1n) is 6.52. The fourth-order valence-electron chi connectivity index (χ4n) is 2.20. The van der Waals surface area contributed by atoms with Crippen LogP contribution in [0.1, 0.15) is 20.3 Å². The van der Waals surface area contributed by atoms with Crippen molar-refractivity contribution in [1.82, 2.24) is 9.27 Å². The van der Waals surface area contributed by atoms with Crippen LogP contribution in [0.25, 0.3) is 0 Å². The van der Waals surface area contributed by atoms with Crippen molar-refractivity contribution in [2.24, 2.45) is 0 Å². The van der Waals surface area contributed by atoms with Crippen LogP contribution in [0.2, 0.25) is 0 Å². The number of amides is 1. The summed E-state index contributed by atoms with van der Waals surface area (Å²) in [7, 11) is 0. The van der Waals surface area contributed by atoms with E-state index in [9.17, 15) is 4.79 Å². The highest BCUT2D eigenvalue weighted by Crippen LogP contribution is 2.38. The third-order valence-corrected chi connectivity index (χ3v) is 4.08. The summed E-state index contributed by atoms with van der Waals surface area (Å²) in [5.74, 6) is 1.27. The fourth-order valence-corrected chi connectivity index (χ4v) is 3.01. The molecular formula is C12H20N4O2S. The minimum Gasteiger partial charge on any atom is -0.487 e. The SMILES string of the molecule is CCOc1c(N)nsc1N1CCCN(C(C)=O)CC1. The van der Waals surface area contributed by atoms with Crippen molar-refractivity contribution in [3.8, 4) is 5.75 Å². The highest BCUT2D eigenvalue weighted by molar-refractivity contribution is 7.11. The van der Waals surface area contributed by atoms with Crippen molar-refractivity contribution in [1.29, 1.82) is 0 Å². The Bertz CT molecular complexity index is 449. The summed E-state index contributed by atoms with van der Waals surface area (Å²) < 4.78 is 9.74. The van der Waals surface area contributed by atoms with Crippen LogP contribution >= 0.6 is 11.5 Å². The Morgan fingerprint density at radius 3 is 2.89 bits per heavy atom. The molecule has 1 aromatic heterocycles. The molecule has 1 amide bonds. The van der Waals surface area contributed by atoms with Gasteiger partial charge in [-0.15, -0.1) is 0 Å². The molecule has 106 valence electrons. The minimum absolute atomic E-state index is 0.135. The molecule has 1 aliphatic heterocycles. The topological polar surface area (TPSA) is 71.7 Å². The van der Waals surface area contributed by atoms with Gasteiger partial charge in [-0.3, -0.25) is 4.79 Å². The van der Waals surface area contributed by atoms with Crippen molar-refractivity contribution >= 4 is 28.3 Å². The zero-order chi connectivity index (χ0) is 13.8. The molecule has 0 atom stereocenters. The number of hydrogen-bond donors (Lipinski definition) is 1. The van der Waals surface area contributed by atoms with Gasteiger partial charge in [-0.05, 0) is 24.9 Å². The van der Waals surface area contributed by atoms with E-state index in [4.69, 9.17) is 10.5 Å². The molecule has 2 N–H and O–H groups in total. The predicted molar refractivity (Wildman–Crippen MR) is 76.8 cm³/mol. The molecule has 7 heteroatoms. The van der Waals surface area contributed by atoms with Crippen LogP contribution in [0.15, 0.2) is 0 Å². The van der Waals surface area contributed by atoms with Gasteiger partial charge in [0, 0.05) is 33.1 Å². The second kappa shape index (κ2) is 6.10. The number of nitrogens with zero attached hydrogens (tertiary/aromatic N) is 3. The summed E-state index contributed by atoms with van der Waals surface area (Å²) >= 11 is 1.36. The first-order chi connectivity index (χ1) is 9.13. The largest absolute Gasteiger partial charge is 0.487 e. The van der Waals surface area contributed by atoms with Gasteiger partial charge < -0.3 is 20.3 Å². The third kappa shape index (κ3) is 3.09. The quantitative estimate of drug-likeness (QED) is 0.902. The Morgan fingerprint density at radius 2 is 2.21 bits per heavy atom. The lowest BCUT2D eigenvalue weighted by molar-refractivity contribution is -0.128. The van der Waals surface area contributed by atoms with Crippen LogP contribution in [0.5, 0.6) is 5.75 Å². The number of nitrogens with two attached hydrogens (primary N) is 1. The van der Waals surface area contributed by atoms with Crippen LogP contribution in [0.4, 0.5) is 10.8 Å². The highest BCUT2D eigenvalue weighted by Gasteiger charge is 2.22. The number of anilines is 2. The van der Waals surface area contributed by atoms with Crippen LogP contribution in [0, 0.1) is 0 Å². The second-order valence-electron chi connectivity index (χ2n) is 4.48. The number of carbonyl (C=O) groups is 1. The van der Waals surface area contributed by atoms with Gasteiger partial charge in [0.15, 0.2) is 16.6 Å². The molecule has 1 aliphatic rings. The summed E-state index contributed by atoms with van der Waals surface area (Å²) in [4.78, 5) is 15.5. The number of ether oxygens (including phenoxy) is 1. The predicted octanol–water partition coefficient (Wildman–Crippen LogP) is 1.18. The molecule has 2 heterocycles. The minimum atomic E-state index is 0.135. The first-order valence-corrected chi connectivity index (χ1v) is 7.29. The van der Waals surface area contributed by atoms with Crippen LogP contribution in [-0.4, -0.2) is 48.0 Å². The lowest BCUT2D eigenvalue weighted by Crippen LogP contribution is -2.33. The molecule has 0 aromatic carbocycles. The molecule has 0 unspecified atom stereocenters. The summed E-state index contributed by atoms with van der Waals surface area (Å²) in [6.45, 7) is 7.35. The van der Waals surface area contributed by atoms with Crippen molar-refractivity contribution < 1.29 is 9.53 Å². The first kappa shape index (κ1) is 13.9. The lowest BCUT2D eigenvalue weighted by atomic mass is 10.4. The molecule has 0 spiro atoms. The smallest absolute Gasteiger partial charge is 0.219 e. The Morgan fingerprint density at radius 1 is 1.42 bits per heavy atom. The third-order valence-electron chi connectivity index (χ3n) is 3.17. The average molecular weight is 284 g/mol. The summed E-state index contributed by atoms with van der Waals surface area (Å²) in [5.41, 5.74) is 5.83. The van der Waals surface area contributed by atoms with Crippen molar-refractivity contribution in [2.75, 3.05) is 43.4 Å². The summed E-state index contributed by atoms with van der Waals surface area (Å²) in [6, 6.07) is 0. The average Bonchev–Trinajstić information content (AvgIpc) is 2.63. The molecule has 1 saturated heterocycles. The fraction of sp³-hybridized carbons (Fsp3) is 0.667. The molecular weight excluding hydrogens is 264 g/mol. The molecule has 0 bridgehead atoms. The van der Waals surface area contributed by atoms with Gasteiger partial charge in [0.2, 0.25) is 5.91 Å². The van der Waals surface area contributed by atoms with E-state index in [1.807, 2.05) is 11.8 Å². The van der Waals surface area contributed by atoms with E-state index >= 15 is 0 Å². The van der Waals surface area contributed by atoms with Gasteiger partial charge in [0.1, 0.15) is 0 Å². The van der Waals surface area contributed by atoms with E-state index in [0.29, 0.717) is 18.2 Å². The van der Waals surface area contributed by atoms with Gasteiger partial charge in [0.05, 0.1) is 6.61 Å². The number of aromatic nitrogens is 1. The van der Waals surface area contributed by atoms with E-state index in [-0.39, 0.29) is 5.91 Å². The molecule has 19 heavy (non-hydrogen) atoms. The Labute approximate surface area is 117 Å². The van der Waals surface area contributed by atoms with E-state index in [1.165, 1.54) is 11.5 Å². The van der Waals surface area contributed by atoms with Gasteiger partial charge in [-0.25, -0.2) is 0 Å². The zero-order valence-electron chi connectivity index (χ0n) is 11.4. The molecule has 1 aromatic rings. The maximum Gasteiger partial charge on any atom is 0.219 e. The molecule has 6 nitrogen and oxygen atoms in total. The van der Waals surface area contributed by atoms with E-state index in [0.717, 1.165) is 37.6 Å². The molecule has 0 saturated carbocycles. The van der Waals surface area contributed by atoms with Gasteiger partial charge in [-0.1, -0.05) is 0 Å². The Balaban J connectivity index is 2.12. The van der Waals surface area contributed by atoms with Gasteiger partial charge >= 0.3 is 0 Å². The monoisotopic (exact) mass is 284 g/mol. The Hall–Kier alpha value is -1.50. The van der Waals surface area contributed by atoms with Crippen LogP contribution in [0.3, 0.4) is 0 Å².